The Morgan fingerprint density at radius 2 is 1.69 bits per heavy atom. The summed E-state index contributed by atoms with van der Waals surface area (Å²) in [4.78, 5) is 32.4. The SMILES string of the molecule is CC(C)(C)OC(=O)N/C(=N/C(=O)OCC1c2ccccc2-c2ccccc21)n1cncn1. The monoisotopic (exact) mass is 433 g/mol. The van der Waals surface area contributed by atoms with Crippen LogP contribution >= 0.6 is 0 Å². The molecule has 4 rings (SSSR count). The lowest BCUT2D eigenvalue weighted by Gasteiger charge is -2.19. The largest absolute Gasteiger partial charge is 0.447 e. The second-order valence-corrected chi connectivity index (χ2v) is 8.21. The van der Waals surface area contributed by atoms with E-state index in [2.05, 4.69) is 32.5 Å². The molecule has 0 bridgehead atoms. The smallest absolute Gasteiger partial charge is 0.436 e. The van der Waals surface area contributed by atoms with Gasteiger partial charge in [-0.25, -0.2) is 14.6 Å². The highest BCUT2D eigenvalue weighted by molar-refractivity contribution is 5.99. The number of hydrogen-bond donors (Lipinski definition) is 1. The summed E-state index contributed by atoms with van der Waals surface area (Å²) in [7, 11) is 0. The van der Waals surface area contributed by atoms with Crippen LogP contribution in [0, 0.1) is 0 Å². The van der Waals surface area contributed by atoms with Gasteiger partial charge in [-0.2, -0.15) is 9.78 Å². The lowest BCUT2D eigenvalue weighted by atomic mass is 9.98. The maximum Gasteiger partial charge on any atom is 0.436 e. The number of rotatable bonds is 2. The summed E-state index contributed by atoms with van der Waals surface area (Å²) in [6.07, 6.45) is 0.906. The maximum absolute atomic E-state index is 12.5. The predicted molar refractivity (Wildman–Crippen MR) is 117 cm³/mol. The molecule has 0 fully saturated rings. The van der Waals surface area contributed by atoms with E-state index in [1.165, 1.54) is 12.7 Å². The maximum atomic E-state index is 12.5. The molecular formula is C23H23N5O4. The number of alkyl carbamates (subject to hydrolysis) is 1. The number of nitrogens with one attached hydrogen (secondary N) is 1. The summed E-state index contributed by atoms with van der Waals surface area (Å²) in [6.45, 7) is 5.28. The fraction of sp³-hybridized carbons (Fsp3) is 0.261. The Bertz CT molecular complexity index is 1120. The molecule has 9 nitrogen and oxygen atoms in total. The Morgan fingerprint density at radius 1 is 1.06 bits per heavy atom. The highest BCUT2D eigenvalue weighted by Gasteiger charge is 2.29. The molecule has 1 aliphatic rings. The quantitative estimate of drug-likeness (QED) is 0.484. The van der Waals surface area contributed by atoms with Crippen molar-refractivity contribution in [2.45, 2.75) is 32.3 Å². The third kappa shape index (κ3) is 4.66. The van der Waals surface area contributed by atoms with Gasteiger partial charge in [-0.15, -0.1) is 4.99 Å². The van der Waals surface area contributed by atoms with E-state index in [9.17, 15) is 9.59 Å². The van der Waals surface area contributed by atoms with Gasteiger partial charge in [-0.3, -0.25) is 5.32 Å². The van der Waals surface area contributed by atoms with Crippen LogP contribution in [-0.2, 0) is 9.47 Å². The van der Waals surface area contributed by atoms with E-state index in [-0.39, 0.29) is 18.5 Å². The van der Waals surface area contributed by atoms with E-state index in [4.69, 9.17) is 9.47 Å². The van der Waals surface area contributed by atoms with Crippen molar-refractivity contribution < 1.29 is 19.1 Å². The number of aliphatic imine (C=N–C) groups is 1. The van der Waals surface area contributed by atoms with Crippen molar-refractivity contribution >= 4 is 18.1 Å². The van der Waals surface area contributed by atoms with Crippen molar-refractivity contribution in [2.24, 2.45) is 4.99 Å². The standard InChI is InChI=1S/C23H23N5O4/c1-23(2,3)32-22(30)27-20(28-14-24-13-25-28)26-21(29)31-12-19-17-10-6-4-8-15(17)16-9-5-7-11-18(16)19/h4-11,13-14,19H,12H2,1-3H3,(H,26,27,29,30). The summed E-state index contributed by atoms with van der Waals surface area (Å²) in [5.41, 5.74) is 3.72. The molecule has 0 saturated heterocycles. The summed E-state index contributed by atoms with van der Waals surface area (Å²) >= 11 is 0. The van der Waals surface area contributed by atoms with Crippen molar-refractivity contribution in [3.8, 4) is 11.1 Å². The van der Waals surface area contributed by atoms with Crippen LogP contribution in [0.4, 0.5) is 9.59 Å². The van der Waals surface area contributed by atoms with Crippen LogP contribution < -0.4 is 5.32 Å². The van der Waals surface area contributed by atoms with Crippen LogP contribution in [0.1, 0.15) is 37.8 Å². The van der Waals surface area contributed by atoms with E-state index < -0.39 is 17.8 Å². The number of ether oxygens (including phenoxy) is 2. The first kappa shape index (κ1) is 21.2. The Labute approximate surface area is 185 Å². The fourth-order valence-electron chi connectivity index (χ4n) is 3.56. The molecule has 1 aliphatic carbocycles. The van der Waals surface area contributed by atoms with Gasteiger partial charge >= 0.3 is 12.2 Å². The molecule has 3 aromatic rings. The molecule has 1 heterocycles. The van der Waals surface area contributed by atoms with E-state index in [1.54, 1.807) is 20.8 Å². The molecule has 0 saturated carbocycles. The average Bonchev–Trinajstić information content (AvgIpc) is 3.37. The normalized spacial score (nSPS) is 13.3. The Kier molecular flexibility index (Phi) is 5.72. The summed E-state index contributed by atoms with van der Waals surface area (Å²) < 4.78 is 11.8. The average molecular weight is 433 g/mol. The zero-order valence-corrected chi connectivity index (χ0v) is 18.0. The highest BCUT2D eigenvalue weighted by atomic mass is 16.6. The summed E-state index contributed by atoms with van der Waals surface area (Å²) in [6, 6.07) is 16.1. The molecule has 2 aromatic carbocycles. The van der Waals surface area contributed by atoms with Crippen LogP contribution in [-0.4, -0.2) is 45.1 Å². The highest BCUT2D eigenvalue weighted by Crippen LogP contribution is 2.44. The lowest BCUT2D eigenvalue weighted by Crippen LogP contribution is -2.40. The van der Waals surface area contributed by atoms with Gasteiger partial charge < -0.3 is 9.47 Å². The molecule has 0 aliphatic heterocycles. The first-order valence-electron chi connectivity index (χ1n) is 10.1. The second kappa shape index (κ2) is 8.62. The zero-order chi connectivity index (χ0) is 22.7. The number of fused-ring (bicyclic) bond motifs is 3. The minimum Gasteiger partial charge on any atom is -0.447 e. The molecule has 0 unspecified atom stereocenters. The lowest BCUT2D eigenvalue weighted by molar-refractivity contribution is 0.0561. The van der Waals surface area contributed by atoms with Gasteiger partial charge in [0.2, 0.25) is 5.96 Å². The Balaban J connectivity index is 1.50. The molecule has 1 aromatic heterocycles. The minimum absolute atomic E-state index is 0.102. The van der Waals surface area contributed by atoms with Crippen LogP contribution in [0.3, 0.4) is 0 Å². The number of nitrogens with zero attached hydrogens (tertiary/aromatic N) is 4. The molecule has 0 atom stereocenters. The van der Waals surface area contributed by atoms with Gasteiger partial charge in [0.25, 0.3) is 0 Å². The molecule has 1 N–H and O–H groups in total. The number of amides is 2. The number of carbonyl (C=O) groups excluding carboxylic acids is 2. The third-order valence-corrected chi connectivity index (χ3v) is 4.78. The van der Waals surface area contributed by atoms with Crippen molar-refractivity contribution in [1.29, 1.82) is 0 Å². The number of carbonyl (C=O) groups is 2. The minimum atomic E-state index is -0.867. The van der Waals surface area contributed by atoms with E-state index in [0.717, 1.165) is 26.9 Å². The van der Waals surface area contributed by atoms with Crippen molar-refractivity contribution in [3.05, 3.63) is 72.3 Å². The molecule has 32 heavy (non-hydrogen) atoms. The van der Waals surface area contributed by atoms with Gasteiger partial charge in [0.15, 0.2) is 0 Å². The zero-order valence-electron chi connectivity index (χ0n) is 18.0. The molecule has 164 valence electrons. The van der Waals surface area contributed by atoms with Crippen LogP contribution in [0.5, 0.6) is 0 Å². The molecule has 0 spiro atoms. The van der Waals surface area contributed by atoms with Gasteiger partial charge in [-0.05, 0) is 43.0 Å². The van der Waals surface area contributed by atoms with E-state index in [0.29, 0.717) is 0 Å². The fourth-order valence-corrected chi connectivity index (χ4v) is 3.56. The van der Waals surface area contributed by atoms with Crippen molar-refractivity contribution in [1.82, 2.24) is 20.1 Å². The van der Waals surface area contributed by atoms with Crippen LogP contribution in [0.25, 0.3) is 11.1 Å². The first-order valence-corrected chi connectivity index (χ1v) is 10.1. The van der Waals surface area contributed by atoms with Gasteiger partial charge in [0.1, 0.15) is 24.9 Å². The van der Waals surface area contributed by atoms with Crippen molar-refractivity contribution in [2.75, 3.05) is 6.61 Å². The number of aromatic nitrogens is 3. The Morgan fingerprint density at radius 3 is 2.25 bits per heavy atom. The van der Waals surface area contributed by atoms with Gasteiger partial charge in [0, 0.05) is 5.92 Å². The summed E-state index contributed by atoms with van der Waals surface area (Å²) in [5, 5.41) is 6.33. The molecule has 0 radical (unpaired) electrons. The third-order valence-electron chi connectivity index (χ3n) is 4.78. The van der Waals surface area contributed by atoms with E-state index in [1.807, 2.05) is 36.4 Å². The molecular weight excluding hydrogens is 410 g/mol. The van der Waals surface area contributed by atoms with Gasteiger partial charge in [-0.1, -0.05) is 48.5 Å². The van der Waals surface area contributed by atoms with E-state index >= 15 is 0 Å². The second-order valence-electron chi connectivity index (χ2n) is 8.21. The van der Waals surface area contributed by atoms with Crippen molar-refractivity contribution in [3.63, 3.8) is 0 Å². The molecule has 2 amide bonds. The topological polar surface area (TPSA) is 108 Å². The van der Waals surface area contributed by atoms with Crippen LogP contribution in [0.15, 0.2) is 66.2 Å². The number of benzene rings is 2. The predicted octanol–water partition coefficient (Wildman–Crippen LogP) is 3.96. The Hall–Kier alpha value is -4.01. The van der Waals surface area contributed by atoms with Gasteiger partial charge in [0.05, 0.1) is 0 Å². The first-order chi connectivity index (χ1) is 15.3. The summed E-state index contributed by atoms with van der Waals surface area (Å²) in [5.74, 6) is -0.274. The van der Waals surface area contributed by atoms with Crippen LogP contribution in [0.2, 0.25) is 0 Å². The number of hydrogen-bond acceptors (Lipinski definition) is 6. The molecule has 9 heteroatoms.